The predicted molar refractivity (Wildman–Crippen MR) is 76.5 cm³/mol. The molecule has 0 spiro atoms. The molecule has 0 aliphatic rings. The minimum absolute atomic E-state index is 0.112. The number of carboxylic acids is 1. The minimum atomic E-state index is -1.20. The standard InChI is InChI=1S/C14H15FN4O4/c15-10-2-4-11(5-3-10)23-7-1-6-16-13(20)9-19-8-12(14(21)22)17-18-19/h2-5,8H,1,6-7,9H2,(H,16,20)(H,21,22). The summed E-state index contributed by atoms with van der Waals surface area (Å²) < 4.78 is 19.2. The second-order valence-corrected chi connectivity index (χ2v) is 4.61. The first-order valence-corrected chi connectivity index (χ1v) is 6.83. The second kappa shape index (κ2) is 7.87. The first-order chi connectivity index (χ1) is 11.0. The van der Waals surface area contributed by atoms with Crippen molar-refractivity contribution in [1.29, 1.82) is 0 Å². The molecule has 23 heavy (non-hydrogen) atoms. The van der Waals surface area contributed by atoms with Gasteiger partial charge >= 0.3 is 5.97 Å². The van der Waals surface area contributed by atoms with E-state index in [1.54, 1.807) is 0 Å². The number of nitrogens with zero attached hydrogens (tertiary/aromatic N) is 3. The normalized spacial score (nSPS) is 10.3. The van der Waals surface area contributed by atoms with Gasteiger partial charge in [0, 0.05) is 6.54 Å². The van der Waals surface area contributed by atoms with Crippen molar-refractivity contribution in [3.63, 3.8) is 0 Å². The molecule has 0 aliphatic carbocycles. The fraction of sp³-hybridized carbons (Fsp3) is 0.286. The number of ether oxygens (including phenoxy) is 1. The van der Waals surface area contributed by atoms with E-state index in [0.29, 0.717) is 25.3 Å². The average Bonchev–Trinajstić information content (AvgIpc) is 2.97. The summed E-state index contributed by atoms with van der Waals surface area (Å²) in [4.78, 5) is 22.3. The van der Waals surface area contributed by atoms with Crippen LogP contribution in [0.2, 0.25) is 0 Å². The van der Waals surface area contributed by atoms with Gasteiger partial charge in [-0.2, -0.15) is 0 Å². The van der Waals surface area contributed by atoms with E-state index < -0.39 is 5.97 Å². The van der Waals surface area contributed by atoms with Gasteiger partial charge in [-0.25, -0.2) is 13.9 Å². The molecule has 1 aromatic carbocycles. The molecule has 0 radical (unpaired) electrons. The molecule has 0 saturated heterocycles. The Kier molecular flexibility index (Phi) is 5.61. The Bertz CT molecular complexity index is 672. The molecule has 2 aromatic rings. The topological polar surface area (TPSA) is 106 Å². The van der Waals surface area contributed by atoms with Crippen LogP contribution in [0.25, 0.3) is 0 Å². The van der Waals surface area contributed by atoms with Crippen LogP contribution in [0.5, 0.6) is 5.75 Å². The van der Waals surface area contributed by atoms with Gasteiger partial charge in [-0.05, 0) is 30.7 Å². The van der Waals surface area contributed by atoms with Gasteiger partial charge in [0.25, 0.3) is 0 Å². The SMILES string of the molecule is O=C(Cn1cc(C(=O)O)nn1)NCCCOc1ccc(F)cc1. The summed E-state index contributed by atoms with van der Waals surface area (Å²) in [6.45, 7) is 0.651. The second-order valence-electron chi connectivity index (χ2n) is 4.61. The van der Waals surface area contributed by atoms with Gasteiger partial charge in [0.05, 0.1) is 12.8 Å². The maximum Gasteiger partial charge on any atom is 0.358 e. The lowest BCUT2D eigenvalue weighted by molar-refractivity contribution is -0.121. The summed E-state index contributed by atoms with van der Waals surface area (Å²) in [5.41, 5.74) is -0.217. The van der Waals surface area contributed by atoms with Crippen LogP contribution in [0.15, 0.2) is 30.5 Å². The number of aromatic carboxylic acids is 1. The van der Waals surface area contributed by atoms with Gasteiger partial charge in [-0.3, -0.25) is 4.79 Å². The third kappa shape index (κ3) is 5.38. The summed E-state index contributed by atoms with van der Waals surface area (Å²) in [6.07, 6.45) is 1.75. The van der Waals surface area contributed by atoms with E-state index in [1.165, 1.54) is 30.5 Å². The molecule has 1 amide bonds. The van der Waals surface area contributed by atoms with Crippen LogP contribution in [0.3, 0.4) is 0 Å². The number of hydrogen-bond donors (Lipinski definition) is 2. The molecule has 2 N–H and O–H groups in total. The Morgan fingerprint density at radius 2 is 2.04 bits per heavy atom. The summed E-state index contributed by atoms with van der Waals surface area (Å²) in [7, 11) is 0. The Labute approximate surface area is 130 Å². The number of rotatable bonds is 8. The van der Waals surface area contributed by atoms with Gasteiger partial charge in [-0.1, -0.05) is 5.21 Å². The summed E-state index contributed by atoms with van der Waals surface area (Å²) in [6, 6.07) is 5.67. The highest BCUT2D eigenvalue weighted by Gasteiger charge is 2.10. The largest absolute Gasteiger partial charge is 0.494 e. The predicted octanol–water partition coefficient (Wildman–Crippen LogP) is 0.701. The fourth-order valence-electron chi connectivity index (χ4n) is 1.70. The lowest BCUT2D eigenvalue weighted by Gasteiger charge is -2.07. The van der Waals surface area contributed by atoms with Crippen LogP contribution in [0.1, 0.15) is 16.9 Å². The van der Waals surface area contributed by atoms with Gasteiger partial charge in [0.2, 0.25) is 5.91 Å². The Morgan fingerprint density at radius 3 is 2.70 bits per heavy atom. The minimum Gasteiger partial charge on any atom is -0.494 e. The number of halogens is 1. The first kappa shape index (κ1) is 16.4. The van der Waals surface area contributed by atoms with Crippen LogP contribution >= 0.6 is 0 Å². The number of nitrogens with one attached hydrogen (secondary N) is 1. The molecule has 0 saturated carbocycles. The van der Waals surface area contributed by atoms with E-state index in [2.05, 4.69) is 15.6 Å². The maximum atomic E-state index is 12.7. The molecular weight excluding hydrogens is 307 g/mol. The lowest BCUT2D eigenvalue weighted by atomic mass is 10.3. The van der Waals surface area contributed by atoms with Crippen molar-refractivity contribution in [1.82, 2.24) is 20.3 Å². The van der Waals surface area contributed by atoms with Crippen LogP contribution < -0.4 is 10.1 Å². The van der Waals surface area contributed by atoms with E-state index in [4.69, 9.17) is 9.84 Å². The third-order valence-corrected chi connectivity index (χ3v) is 2.79. The van der Waals surface area contributed by atoms with Crippen LogP contribution in [-0.4, -0.2) is 45.1 Å². The zero-order chi connectivity index (χ0) is 16.7. The van der Waals surface area contributed by atoms with Crippen LogP contribution in [0.4, 0.5) is 4.39 Å². The number of carbonyl (C=O) groups is 2. The number of carbonyl (C=O) groups excluding carboxylic acids is 1. The van der Waals surface area contributed by atoms with Crippen molar-refractivity contribution in [3.05, 3.63) is 42.0 Å². The lowest BCUT2D eigenvalue weighted by Crippen LogP contribution is -2.29. The highest BCUT2D eigenvalue weighted by molar-refractivity contribution is 5.84. The van der Waals surface area contributed by atoms with Crippen molar-refractivity contribution in [2.75, 3.05) is 13.2 Å². The third-order valence-electron chi connectivity index (χ3n) is 2.79. The highest BCUT2D eigenvalue weighted by Crippen LogP contribution is 2.10. The van der Waals surface area contributed by atoms with Crippen LogP contribution in [0, 0.1) is 5.82 Å². The summed E-state index contributed by atoms with van der Waals surface area (Å²) in [5.74, 6) is -1.28. The zero-order valence-electron chi connectivity index (χ0n) is 12.1. The Balaban J connectivity index is 1.62. The maximum absolute atomic E-state index is 12.7. The van der Waals surface area contributed by atoms with Crippen molar-refractivity contribution in [2.24, 2.45) is 0 Å². The molecule has 1 aromatic heterocycles. The monoisotopic (exact) mass is 322 g/mol. The van der Waals surface area contributed by atoms with E-state index in [-0.39, 0.29) is 24.0 Å². The van der Waals surface area contributed by atoms with Gasteiger partial charge in [0.1, 0.15) is 18.1 Å². The number of hydrogen-bond acceptors (Lipinski definition) is 5. The molecule has 0 atom stereocenters. The van der Waals surface area contributed by atoms with E-state index in [9.17, 15) is 14.0 Å². The molecule has 1 heterocycles. The zero-order valence-corrected chi connectivity index (χ0v) is 12.1. The van der Waals surface area contributed by atoms with Crippen LogP contribution in [-0.2, 0) is 11.3 Å². The van der Waals surface area contributed by atoms with Crippen molar-refractivity contribution >= 4 is 11.9 Å². The molecule has 0 bridgehead atoms. The van der Waals surface area contributed by atoms with Crippen molar-refractivity contribution < 1.29 is 23.8 Å². The van der Waals surface area contributed by atoms with Crippen molar-refractivity contribution in [2.45, 2.75) is 13.0 Å². The smallest absolute Gasteiger partial charge is 0.358 e. The fourth-order valence-corrected chi connectivity index (χ4v) is 1.70. The van der Waals surface area contributed by atoms with E-state index in [1.807, 2.05) is 0 Å². The highest BCUT2D eigenvalue weighted by atomic mass is 19.1. The van der Waals surface area contributed by atoms with E-state index in [0.717, 1.165) is 4.68 Å². The number of aromatic nitrogens is 3. The molecule has 0 fully saturated rings. The molecular formula is C14H15FN4O4. The number of carboxylic acid groups (broad SMARTS) is 1. The molecule has 0 unspecified atom stereocenters. The van der Waals surface area contributed by atoms with Gasteiger partial charge < -0.3 is 15.2 Å². The molecule has 8 nitrogen and oxygen atoms in total. The Morgan fingerprint density at radius 1 is 1.30 bits per heavy atom. The Hall–Kier alpha value is -2.97. The van der Waals surface area contributed by atoms with Gasteiger partial charge in [-0.15, -0.1) is 5.10 Å². The number of amides is 1. The summed E-state index contributed by atoms with van der Waals surface area (Å²) in [5, 5.41) is 18.3. The van der Waals surface area contributed by atoms with Crippen molar-refractivity contribution in [3.8, 4) is 5.75 Å². The van der Waals surface area contributed by atoms with Gasteiger partial charge in [0.15, 0.2) is 5.69 Å². The molecule has 2 rings (SSSR count). The molecule has 0 aliphatic heterocycles. The average molecular weight is 322 g/mol. The molecule has 122 valence electrons. The first-order valence-electron chi connectivity index (χ1n) is 6.83. The molecule has 9 heteroatoms. The summed E-state index contributed by atoms with van der Waals surface area (Å²) >= 11 is 0. The quantitative estimate of drug-likeness (QED) is 0.693. The van der Waals surface area contributed by atoms with E-state index >= 15 is 0 Å². The number of benzene rings is 1.